The van der Waals surface area contributed by atoms with Crippen LogP contribution in [0.4, 0.5) is 5.82 Å². The highest BCUT2D eigenvalue weighted by Gasteiger charge is 2.07. The highest BCUT2D eigenvalue weighted by atomic mass is 16.5. The molecule has 0 aromatic carbocycles. The van der Waals surface area contributed by atoms with Crippen LogP contribution in [0.15, 0.2) is 18.3 Å². The molecule has 0 saturated heterocycles. The number of hydrogen-bond acceptors (Lipinski definition) is 3. The third-order valence-corrected chi connectivity index (χ3v) is 2.87. The average Bonchev–Trinajstić information content (AvgIpc) is 2.37. The Labute approximate surface area is 105 Å². The largest absolute Gasteiger partial charge is 0.495 e. The number of ether oxygens (including phenoxy) is 1. The van der Waals surface area contributed by atoms with E-state index < -0.39 is 0 Å². The molecule has 96 valence electrons. The van der Waals surface area contributed by atoms with E-state index in [-0.39, 0.29) is 0 Å². The summed E-state index contributed by atoms with van der Waals surface area (Å²) in [6.07, 6.45) is 7.90. The van der Waals surface area contributed by atoms with Crippen molar-refractivity contribution in [2.75, 3.05) is 12.4 Å². The Morgan fingerprint density at radius 2 is 2.06 bits per heavy atom. The summed E-state index contributed by atoms with van der Waals surface area (Å²) in [4.78, 5) is 4.34. The van der Waals surface area contributed by atoms with Gasteiger partial charge in [0.25, 0.3) is 0 Å². The monoisotopic (exact) mass is 236 g/mol. The molecule has 0 bridgehead atoms. The minimum Gasteiger partial charge on any atom is -0.495 e. The third-order valence-electron chi connectivity index (χ3n) is 2.87. The van der Waals surface area contributed by atoms with Crippen LogP contribution in [0.2, 0.25) is 0 Å². The van der Waals surface area contributed by atoms with E-state index in [1.807, 2.05) is 12.1 Å². The molecule has 0 aliphatic heterocycles. The van der Waals surface area contributed by atoms with Gasteiger partial charge in [0.1, 0.15) is 11.6 Å². The zero-order valence-electron chi connectivity index (χ0n) is 11.2. The highest BCUT2D eigenvalue weighted by Crippen LogP contribution is 2.16. The van der Waals surface area contributed by atoms with Crippen molar-refractivity contribution in [3.05, 3.63) is 18.3 Å². The molecule has 1 unspecified atom stereocenters. The van der Waals surface area contributed by atoms with Crippen LogP contribution in [0.1, 0.15) is 46.0 Å². The standard InChI is InChI=1S/C14H24N2O/c1-4-6-8-12(7-5-2)16-14-10-9-13(17-3)11-15-14/h9-12H,4-8H2,1-3H3,(H,15,16). The first-order chi connectivity index (χ1) is 8.30. The van der Waals surface area contributed by atoms with Crippen molar-refractivity contribution in [3.63, 3.8) is 0 Å². The minimum atomic E-state index is 0.542. The Hall–Kier alpha value is -1.25. The number of nitrogens with one attached hydrogen (secondary N) is 1. The topological polar surface area (TPSA) is 34.1 Å². The van der Waals surface area contributed by atoms with Crippen molar-refractivity contribution in [1.82, 2.24) is 4.98 Å². The molecule has 0 aliphatic rings. The summed E-state index contributed by atoms with van der Waals surface area (Å²) in [7, 11) is 1.66. The van der Waals surface area contributed by atoms with Crippen molar-refractivity contribution in [2.24, 2.45) is 0 Å². The Bertz CT molecular complexity index is 298. The number of rotatable bonds is 8. The lowest BCUT2D eigenvalue weighted by Crippen LogP contribution is -2.19. The molecular weight excluding hydrogens is 212 g/mol. The average molecular weight is 236 g/mol. The van der Waals surface area contributed by atoms with E-state index >= 15 is 0 Å². The molecule has 1 aromatic rings. The second kappa shape index (κ2) is 7.93. The van der Waals surface area contributed by atoms with Gasteiger partial charge in [0, 0.05) is 6.04 Å². The van der Waals surface area contributed by atoms with Gasteiger partial charge in [-0.2, -0.15) is 0 Å². The SMILES string of the molecule is CCCCC(CCC)Nc1ccc(OC)cn1. The molecule has 1 rings (SSSR count). The van der Waals surface area contributed by atoms with Gasteiger partial charge in [-0.05, 0) is 25.0 Å². The van der Waals surface area contributed by atoms with Crippen LogP contribution < -0.4 is 10.1 Å². The summed E-state index contributed by atoms with van der Waals surface area (Å²) in [6.45, 7) is 4.46. The second-order valence-electron chi connectivity index (χ2n) is 4.36. The van der Waals surface area contributed by atoms with Gasteiger partial charge >= 0.3 is 0 Å². The fraction of sp³-hybridized carbons (Fsp3) is 0.643. The van der Waals surface area contributed by atoms with Crippen molar-refractivity contribution in [2.45, 2.75) is 52.0 Å². The Morgan fingerprint density at radius 1 is 1.24 bits per heavy atom. The van der Waals surface area contributed by atoms with E-state index in [0.29, 0.717) is 6.04 Å². The van der Waals surface area contributed by atoms with E-state index in [1.165, 1.54) is 32.1 Å². The van der Waals surface area contributed by atoms with Gasteiger partial charge in [-0.25, -0.2) is 4.98 Å². The number of nitrogens with zero attached hydrogens (tertiary/aromatic N) is 1. The Morgan fingerprint density at radius 3 is 2.59 bits per heavy atom. The third kappa shape index (κ3) is 5.07. The van der Waals surface area contributed by atoms with Gasteiger partial charge in [-0.1, -0.05) is 33.1 Å². The van der Waals surface area contributed by atoms with Crippen molar-refractivity contribution >= 4 is 5.82 Å². The van der Waals surface area contributed by atoms with Gasteiger partial charge in [-0.3, -0.25) is 0 Å². The van der Waals surface area contributed by atoms with Gasteiger partial charge in [0.2, 0.25) is 0 Å². The molecule has 1 heterocycles. The first kappa shape index (κ1) is 13.8. The number of unbranched alkanes of at least 4 members (excludes halogenated alkanes) is 1. The van der Waals surface area contributed by atoms with Gasteiger partial charge in [-0.15, -0.1) is 0 Å². The molecule has 0 amide bonds. The number of hydrogen-bond donors (Lipinski definition) is 1. The summed E-state index contributed by atoms with van der Waals surface area (Å²) in [5, 5.41) is 3.50. The van der Waals surface area contributed by atoms with Crippen LogP contribution in [-0.2, 0) is 0 Å². The van der Waals surface area contributed by atoms with E-state index in [2.05, 4.69) is 24.1 Å². The second-order valence-corrected chi connectivity index (χ2v) is 4.36. The number of pyridine rings is 1. The lowest BCUT2D eigenvalue weighted by Gasteiger charge is -2.18. The van der Waals surface area contributed by atoms with Crippen LogP contribution >= 0.6 is 0 Å². The van der Waals surface area contributed by atoms with Crippen LogP contribution in [0.25, 0.3) is 0 Å². The molecule has 0 spiro atoms. The molecule has 3 heteroatoms. The zero-order chi connectivity index (χ0) is 12.5. The minimum absolute atomic E-state index is 0.542. The molecule has 1 atom stereocenters. The van der Waals surface area contributed by atoms with Crippen LogP contribution in [0.3, 0.4) is 0 Å². The van der Waals surface area contributed by atoms with Crippen molar-refractivity contribution in [3.8, 4) is 5.75 Å². The first-order valence-corrected chi connectivity index (χ1v) is 6.56. The van der Waals surface area contributed by atoms with Crippen molar-refractivity contribution in [1.29, 1.82) is 0 Å². The van der Waals surface area contributed by atoms with Crippen LogP contribution in [-0.4, -0.2) is 18.1 Å². The molecule has 0 aliphatic carbocycles. The molecule has 0 saturated carbocycles. The summed E-state index contributed by atoms with van der Waals surface area (Å²) in [5.41, 5.74) is 0. The van der Waals surface area contributed by atoms with Crippen LogP contribution in [0, 0.1) is 0 Å². The molecule has 0 radical (unpaired) electrons. The smallest absolute Gasteiger partial charge is 0.137 e. The van der Waals surface area contributed by atoms with Gasteiger partial charge < -0.3 is 10.1 Å². The van der Waals surface area contributed by atoms with Gasteiger partial charge in [0.05, 0.1) is 13.3 Å². The van der Waals surface area contributed by atoms with E-state index in [4.69, 9.17) is 4.74 Å². The van der Waals surface area contributed by atoms with E-state index in [9.17, 15) is 0 Å². The predicted octanol–water partition coefficient (Wildman–Crippen LogP) is 3.86. The van der Waals surface area contributed by atoms with Crippen LogP contribution in [0.5, 0.6) is 5.75 Å². The summed E-state index contributed by atoms with van der Waals surface area (Å²) in [5.74, 6) is 1.75. The molecule has 17 heavy (non-hydrogen) atoms. The first-order valence-electron chi connectivity index (χ1n) is 6.56. The van der Waals surface area contributed by atoms with E-state index in [0.717, 1.165) is 11.6 Å². The maximum Gasteiger partial charge on any atom is 0.137 e. The number of anilines is 1. The number of aromatic nitrogens is 1. The van der Waals surface area contributed by atoms with Crippen molar-refractivity contribution < 1.29 is 4.74 Å². The fourth-order valence-electron chi connectivity index (χ4n) is 1.88. The summed E-state index contributed by atoms with van der Waals surface area (Å²) >= 11 is 0. The zero-order valence-corrected chi connectivity index (χ0v) is 11.2. The molecule has 1 N–H and O–H groups in total. The lowest BCUT2D eigenvalue weighted by atomic mass is 10.1. The molecule has 0 fully saturated rings. The summed E-state index contributed by atoms with van der Waals surface area (Å²) < 4.78 is 5.10. The highest BCUT2D eigenvalue weighted by molar-refractivity contribution is 5.38. The maximum absolute atomic E-state index is 5.10. The Balaban J connectivity index is 2.51. The lowest BCUT2D eigenvalue weighted by molar-refractivity contribution is 0.413. The van der Waals surface area contributed by atoms with E-state index in [1.54, 1.807) is 13.3 Å². The molecular formula is C14H24N2O. The normalized spacial score (nSPS) is 12.2. The molecule has 1 aromatic heterocycles. The maximum atomic E-state index is 5.10. The Kier molecular flexibility index (Phi) is 6.45. The predicted molar refractivity (Wildman–Crippen MR) is 72.6 cm³/mol. The quantitative estimate of drug-likeness (QED) is 0.744. The van der Waals surface area contributed by atoms with Gasteiger partial charge in [0.15, 0.2) is 0 Å². The fourth-order valence-corrected chi connectivity index (χ4v) is 1.88. The number of methoxy groups -OCH3 is 1. The summed E-state index contributed by atoms with van der Waals surface area (Å²) in [6, 6.07) is 4.46. The molecule has 3 nitrogen and oxygen atoms in total.